The molecule has 2 rings (SSSR count). The lowest BCUT2D eigenvalue weighted by Gasteiger charge is -2.07. The summed E-state index contributed by atoms with van der Waals surface area (Å²) in [5.41, 5.74) is 0.786. The summed E-state index contributed by atoms with van der Waals surface area (Å²) in [6, 6.07) is 7.52. The van der Waals surface area contributed by atoms with E-state index in [0.29, 0.717) is 11.3 Å². The topological polar surface area (TPSA) is 59.1 Å². The first kappa shape index (κ1) is 14.1. The number of aromatic nitrogens is 1. The largest absolute Gasteiger partial charge is 0.322 e. The van der Waals surface area contributed by atoms with Crippen LogP contribution in [0.1, 0.15) is 27.6 Å². The maximum absolute atomic E-state index is 13.6. The number of hydrogen-bond donors (Lipinski definition) is 1. The van der Waals surface area contributed by atoms with Crippen molar-refractivity contribution in [3.63, 3.8) is 0 Å². The van der Waals surface area contributed by atoms with Gasteiger partial charge in [0.2, 0.25) is 0 Å². The first-order chi connectivity index (χ1) is 9.49. The van der Waals surface area contributed by atoms with Gasteiger partial charge in [0, 0.05) is 17.4 Å². The molecule has 0 atom stereocenters. The Morgan fingerprint density at radius 2 is 1.85 bits per heavy atom. The van der Waals surface area contributed by atoms with Gasteiger partial charge in [0.25, 0.3) is 5.91 Å². The molecule has 4 nitrogen and oxygen atoms in total. The lowest BCUT2D eigenvalue weighted by molar-refractivity contribution is 0.101. The van der Waals surface area contributed by atoms with Gasteiger partial charge in [-0.15, -0.1) is 0 Å². The normalized spacial score (nSPS) is 10.2. The zero-order chi connectivity index (χ0) is 14.7. The van der Waals surface area contributed by atoms with E-state index in [9.17, 15) is 14.0 Å². The van der Waals surface area contributed by atoms with E-state index in [0.717, 1.165) is 0 Å². The highest BCUT2D eigenvalue weighted by atomic mass is 35.5. The quantitative estimate of drug-likeness (QED) is 0.697. The molecule has 1 N–H and O–H groups in total. The molecule has 102 valence electrons. The highest BCUT2D eigenvalue weighted by Gasteiger charge is 2.15. The average molecular weight is 293 g/mol. The smallest absolute Gasteiger partial charge is 0.258 e. The predicted molar refractivity (Wildman–Crippen MR) is 73.6 cm³/mol. The SMILES string of the molecule is CC(=O)c1ccc(NC(=O)c2ccnc(Cl)c2F)cc1. The van der Waals surface area contributed by atoms with Crippen molar-refractivity contribution >= 4 is 29.0 Å². The number of benzene rings is 1. The average Bonchev–Trinajstić information content (AvgIpc) is 2.42. The van der Waals surface area contributed by atoms with Crippen molar-refractivity contribution in [1.29, 1.82) is 0 Å². The Labute approximate surface area is 119 Å². The van der Waals surface area contributed by atoms with Crippen LogP contribution in [0, 0.1) is 5.82 Å². The zero-order valence-corrected chi connectivity index (χ0v) is 11.2. The number of carbonyl (C=O) groups is 2. The molecule has 20 heavy (non-hydrogen) atoms. The van der Waals surface area contributed by atoms with E-state index in [1.54, 1.807) is 24.3 Å². The van der Waals surface area contributed by atoms with Gasteiger partial charge in [0.15, 0.2) is 16.8 Å². The van der Waals surface area contributed by atoms with Crippen molar-refractivity contribution in [2.24, 2.45) is 0 Å². The Morgan fingerprint density at radius 3 is 2.45 bits per heavy atom. The van der Waals surface area contributed by atoms with Crippen LogP contribution >= 0.6 is 11.6 Å². The van der Waals surface area contributed by atoms with Crippen LogP contribution in [0.3, 0.4) is 0 Å². The molecular weight excluding hydrogens is 283 g/mol. The predicted octanol–water partition coefficient (Wildman–Crippen LogP) is 3.33. The van der Waals surface area contributed by atoms with Crippen LogP contribution in [0.15, 0.2) is 36.5 Å². The van der Waals surface area contributed by atoms with Gasteiger partial charge in [-0.05, 0) is 37.3 Å². The summed E-state index contributed by atoms with van der Waals surface area (Å²) in [5.74, 6) is -1.58. The first-order valence-electron chi connectivity index (χ1n) is 5.71. The fourth-order valence-electron chi connectivity index (χ4n) is 1.58. The van der Waals surface area contributed by atoms with E-state index < -0.39 is 11.7 Å². The van der Waals surface area contributed by atoms with Crippen molar-refractivity contribution in [3.8, 4) is 0 Å². The van der Waals surface area contributed by atoms with Crippen LogP contribution in [-0.4, -0.2) is 16.7 Å². The maximum atomic E-state index is 13.6. The summed E-state index contributed by atoms with van der Waals surface area (Å²) in [7, 11) is 0. The zero-order valence-electron chi connectivity index (χ0n) is 10.5. The standard InChI is InChI=1S/C14H10ClFN2O2/c1-8(19)9-2-4-10(5-3-9)18-14(20)11-6-7-17-13(15)12(11)16/h2-7H,1H3,(H,18,20). The summed E-state index contributed by atoms with van der Waals surface area (Å²) in [6.45, 7) is 1.45. The van der Waals surface area contributed by atoms with Crippen molar-refractivity contribution in [1.82, 2.24) is 4.98 Å². The third-order valence-electron chi connectivity index (χ3n) is 2.64. The molecule has 6 heteroatoms. The lowest BCUT2D eigenvalue weighted by Crippen LogP contribution is -2.14. The minimum Gasteiger partial charge on any atom is -0.322 e. The van der Waals surface area contributed by atoms with E-state index in [1.807, 2.05) is 0 Å². The van der Waals surface area contributed by atoms with E-state index in [-0.39, 0.29) is 16.5 Å². The number of hydrogen-bond acceptors (Lipinski definition) is 3. The number of halogens is 2. The van der Waals surface area contributed by atoms with Crippen LogP contribution in [0.4, 0.5) is 10.1 Å². The molecule has 1 amide bonds. The van der Waals surface area contributed by atoms with Gasteiger partial charge in [-0.25, -0.2) is 9.37 Å². The van der Waals surface area contributed by atoms with E-state index in [1.165, 1.54) is 19.2 Å². The van der Waals surface area contributed by atoms with Crippen molar-refractivity contribution in [2.75, 3.05) is 5.32 Å². The number of Topliss-reactive ketones (excluding diaryl/α,β-unsaturated/α-hetero) is 1. The Bertz CT molecular complexity index is 671. The summed E-state index contributed by atoms with van der Waals surface area (Å²) >= 11 is 5.51. The molecule has 0 saturated heterocycles. The van der Waals surface area contributed by atoms with Crippen molar-refractivity contribution in [2.45, 2.75) is 6.92 Å². The van der Waals surface area contributed by atoms with E-state index >= 15 is 0 Å². The molecule has 0 fully saturated rings. The summed E-state index contributed by atoms with van der Waals surface area (Å²) in [4.78, 5) is 26.6. The Balaban J connectivity index is 2.19. The maximum Gasteiger partial charge on any atom is 0.258 e. The second kappa shape index (κ2) is 5.79. The van der Waals surface area contributed by atoms with Crippen LogP contribution in [0.2, 0.25) is 5.15 Å². The number of pyridine rings is 1. The van der Waals surface area contributed by atoms with Crippen LogP contribution in [0.5, 0.6) is 0 Å². The molecule has 0 spiro atoms. The van der Waals surface area contributed by atoms with Crippen molar-refractivity contribution in [3.05, 3.63) is 58.6 Å². The fraction of sp³-hybridized carbons (Fsp3) is 0.0714. The van der Waals surface area contributed by atoms with E-state index in [4.69, 9.17) is 11.6 Å². The van der Waals surface area contributed by atoms with Gasteiger partial charge in [-0.1, -0.05) is 11.6 Å². The van der Waals surface area contributed by atoms with E-state index in [2.05, 4.69) is 10.3 Å². The minimum absolute atomic E-state index is 0.0742. The van der Waals surface area contributed by atoms with Gasteiger partial charge in [0.05, 0.1) is 5.56 Å². The molecule has 0 aliphatic heterocycles. The lowest BCUT2D eigenvalue weighted by atomic mass is 10.1. The second-order valence-electron chi connectivity index (χ2n) is 4.05. The molecule has 2 aromatic rings. The molecule has 0 radical (unpaired) electrons. The van der Waals surface area contributed by atoms with Crippen LogP contribution < -0.4 is 5.32 Å². The number of nitrogens with one attached hydrogen (secondary N) is 1. The Kier molecular flexibility index (Phi) is 4.10. The Hall–Kier alpha value is -2.27. The molecule has 0 aliphatic rings. The van der Waals surface area contributed by atoms with Crippen LogP contribution in [-0.2, 0) is 0 Å². The monoisotopic (exact) mass is 292 g/mol. The third kappa shape index (κ3) is 3.00. The highest BCUT2D eigenvalue weighted by Crippen LogP contribution is 2.17. The third-order valence-corrected chi connectivity index (χ3v) is 2.90. The van der Waals surface area contributed by atoms with Gasteiger partial charge >= 0.3 is 0 Å². The number of carbonyl (C=O) groups excluding carboxylic acids is 2. The number of rotatable bonds is 3. The molecular formula is C14H10ClFN2O2. The highest BCUT2D eigenvalue weighted by molar-refractivity contribution is 6.30. The summed E-state index contributed by atoms with van der Waals surface area (Å²) in [5, 5.41) is 2.16. The van der Waals surface area contributed by atoms with Gasteiger partial charge < -0.3 is 5.32 Å². The summed E-state index contributed by atoms with van der Waals surface area (Å²) < 4.78 is 13.6. The number of amides is 1. The van der Waals surface area contributed by atoms with Crippen LogP contribution in [0.25, 0.3) is 0 Å². The van der Waals surface area contributed by atoms with Gasteiger partial charge in [-0.2, -0.15) is 0 Å². The van der Waals surface area contributed by atoms with Gasteiger partial charge in [-0.3, -0.25) is 9.59 Å². The molecule has 1 heterocycles. The molecule has 0 bridgehead atoms. The number of nitrogens with zero attached hydrogens (tertiary/aromatic N) is 1. The summed E-state index contributed by atoms with van der Waals surface area (Å²) in [6.07, 6.45) is 1.25. The molecule has 0 unspecified atom stereocenters. The molecule has 1 aromatic heterocycles. The molecule has 1 aromatic carbocycles. The Morgan fingerprint density at radius 1 is 1.20 bits per heavy atom. The molecule has 0 saturated carbocycles. The molecule has 0 aliphatic carbocycles. The number of ketones is 1. The van der Waals surface area contributed by atoms with Crippen molar-refractivity contribution < 1.29 is 14.0 Å². The first-order valence-corrected chi connectivity index (χ1v) is 6.09. The minimum atomic E-state index is -0.868. The van der Waals surface area contributed by atoms with Gasteiger partial charge in [0.1, 0.15) is 0 Å². The number of anilines is 1. The fourth-order valence-corrected chi connectivity index (χ4v) is 1.74. The second-order valence-corrected chi connectivity index (χ2v) is 4.41.